The Kier molecular flexibility index (Phi) is 6.78. The molecule has 2 rings (SSSR count). The van der Waals surface area contributed by atoms with Crippen LogP contribution in [0, 0.1) is 5.82 Å². The molecule has 0 saturated carbocycles. The number of hydrogen-bond donors (Lipinski definition) is 2. The van der Waals surface area contributed by atoms with Gasteiger partial charge in [-0.2, -0.15) is 13.2 Å². The van der Waals surface area contributed by atoms with Crippen LogP contribution in [0.3, 0.4) is 0 Å². The maximum atomic E-state index is 13.1. The number of sulfonamides is 1. The highest BCUT2D eigenvalue weighted by molar-refractivity contribution is 7.89. The molecule has 0 aromatic heterocycles. The van der Waals surface area contributed by atoms with Gasteiger partial charge in [0, 0.05) is 13.0 Å². The van der Waals surface area contributed by atoms with E-state index in [9.17, 15) is 30.8 Å². The lowest BCUT2D eigenvalue weighted by atomic mass is 10.1. The number of carbonyl (C=O) groups excluding carboxylic acids is 1. The summed E-state index contributed by atoms with van der Waals surface area (Å²) in [6.45, 7) is -0.382. The molecule has 0 heterocycles. The molecule has 0 aliphatic carbocycles. The Hall–Kier alpha value is -2.46. The van der Waals surface area contributed by atoms with Crippen molar-refractivity contribution >= 4 is 15.9 Å². The summed E-state index contributed by atoms with van der Waals surface area (Å²) in [5.41, 5.74) is -0.666. The minimum Gasteiger partial charge on any atom is -0.352 e. The molecule has 10 heteroatoms. The van der Waals surface area contributed by atoms with Crippen LogP contribution in [0.1, 0.15) is 23.1 Å². The summed E-state index contributed by atoms with van der Waals surface area (Å²) in [5.74, 6) is -1.49. The maximum Gasteiger partial charge on any atom is 0.416 e. The molecule has 2 aromatic rings. The lowest BCUT2D eigenvalue weighted by Gasteiger charge is -2.13. The number of rotatable bonds is 7. The van der Waals surface area contributed by atoms with Crippen LogP contribution in [0.4, 0.5) is 17.6 Å². The Labute approximate surface area is 159 Å². The fourth-order valence-electron chi connectivity index (χ4n) is 2.46. The van der Waals surface area contributed by atoms with Crippen molar-refractivity contribution in [3.63, 3.8) is 0 Å². The van der Waals surface area contributed by atoms with Crippen LogP contribution < -0.4 is 10.0 Å². The molecule has 0 atom stereocenters. The minimum absolute atomic E-state index is 0.000665. The molecule has 0 radical (unpaired) electrons. The quantitative estimate of drug-likeness (QED) is 0.679. The smallest absolute Gasteiger partial charge is 0.352 e. The summed E-state index contributed by atoms with van der Waals surface area (Å²) >= 11 is 0. The van der Waals surface area contributed by atoms with Gasteiger partial charge < -0.3 is 5.32 Å². The van der Waals surface area contributed by atoms with Crippen molar-refractivity contribution in [1.29, 1.82) is 0 Å². The largest absolute Gasteiger partial charge is 0.416 e. The molecule has 0 fully saturated rings. The number of carbonyl (C=O) groups is 1. The van der Waals surface area contributed by atoms with Gasteiger partial charge >= 0.3 is 6.18 Å². The molecule has 2 aromatic carbocycles. The Bertz CT molecular complexity index is 942. The molecule has 2 N–H and O–H groups in total. The van der Waals surface area contributed by atoms with Crippen molar-refractivity contribution < 1.29 is 30.8 Å². The van der Waals surface area contributed by atoms with E-state index in [1.165, 1.54) is 19.2 Å². The van der Waals surface area contributed by atoms with Crippen LogP contribution in [0.15, 0.2) is 47.4 Å². The van der Waals surface area contributed by atoms with Gasteiger partial charge in [-0.05, 0) is 48.9 Å². The maximum absolute atomic E-state index is 13.1. The van der Waals surface area contributed by atoms with Gasteiger partial charge in [0.2, 0.25) is 15.9 Å². The number of aryl methyl sites for hydroxylation is 1. The molecule has 0 bridgehead atoms. The monoisotopic (exact) mass is 418 g/mol. The standard InChI is InChI=1S/C18H18F4N2O3S/c1-23-28(26,27)15-7-2-12(3-8-15)4-9-17(25)24-11-13-5-6-14(19)10-16(13)18(20,21)22/h2-3,5-8,10,23H,4,9,11H2,1H3,(H,24,25). The summed E-state index contributed by atoms with van der Waals surface area (Å²) in [4.78, 5) is 12.0. The summed E-state index contributed by atoms with van der Waals surface area (Å²) in [7, 11) is -2.26. The third-order valence-electron chi connectivity index (χ3n) is 4.00. The highest BCUT2D eigenvalue weighted by atomic mass is 32.2. The minimum atomic E-state index is -4.72. The van der Waals surface area contributed by atoms with Crippen LogP contribution in [-0.4, -0.2) is 21.4 Å². The molecule has 0 spiro atoms. The Morgan fingerprint density at radius 1 is 1.07 bits per heavy atom. The lowest BCUT2D eigenvalue weighted by molar-refractivity contribution is -0.138. The van der Waals surface area contributed by atoms with Gasteiger partial charge in [-0.15, -0.1) is 0 Å². The second-order valence-corrected chi connectivity index (χ2v) is 7.81. The number of halogens is 4. The van der Waals surface area contributed by atoms with E-state index in [-0.39, 0.29) is 29.8 Å². The SMILES string of the molecule is CNS(=O)(=O)c1ccc(CCC(=O)NCc2ccc(F)cc2C(F)(F)F)cc1. The van der Waals surface area contributed by atoms with E-state index >= 15 is 0 Å². The predicted octanol–water partition coefficient (Wildman–Crippen LogP) is 3.00. The Morgan fingerprint density at radius 2 is 1.71 bits per heavy atom. The van der Waals surface area contributed by atoms with Crippen LogP contribution in [0.2, 0.25) is 0 Å². The third kappa shape index (κ3) is 5.77. The molecule has 0 unspecified atom stereocenters. The van der Waals surface area contributed by atoms with Crippen LogP contribution >= 0.6 is 0 Å². The number of nitrogens with one attached hydrogen (secondary N) is 2. The zero-order valence-electron chi connectivity index (χ0n) is 14.8. The first-order chi connectivity index (χ1) is 13.0. The lowest BCUT2D eigenvalue weighted by Crippen LogP contribution is -2.24. The zero-order valence-corrected chi connectivity index (χ0v) is 15.6. The molecular formula is C18H18F4N2O3S. The number of benzene rings is 2. The van der Waals surface area contributed by atoms with Crippen LogP contribution in [0.5, 0.6) is 0 Å². The third-order valence-corrected chi connectivity index (χ3v) is 5.43. The average Bonchev–Trinajstić information content (AvgIpc) is 2.65. The molecule has 152 valence electrons. The van der Waals surface area contributed by atoms with E-state index in [4.69, 9.17) is 0 Å². The zero-order chi connectivity index (χ0) is 20.9. The van der Waals surface area contributed by atoms with Gasteiger partial charge in [0.05, 0.1) is 10.5 Å². The topological polar surface area (TPSA) is 75.3 Å². The second kappa shape index (κ2) is 8.70. The van der Waals surface area contributed by atoms with Crippen molar-refractivity contribution in [2.24, 2.45) is 0 Å². The number of alkyl halides is 3. The summed E-state index contributed by atoms with van der Waals surface area (Å²) in [6.07, 6.45) is -4.44. The first-order valence-electron chi connectivity index (χ1n) is 8.18. The van der Waals surface area contributed by atoms with E-state index in [1.54, 1.807) is 12.1 Å². The van der Waals surface area contributed by atoms with E-state index < -0.39 is 33.5 Å². The van der Waals surface area contributed by atoms with E-state index in [0.717, 1.165) is 12.1 Å². The van der Waals surface area contributed by atoms with Crippen molar-refractivity contribution in [3.8, 4) is 0 Å². The second-order valence-electron chi connectivity index (χ2n) is 5.93. The summed E-state index contributed by atoms with van der Waals surface area (Å²) < 4.78 is 77.4. The van der Waals surface area contributed by atoms with Crippen molar-refractivity contribution in [2.75, 3.05) is 7.05 Å². The van der Waals surface area contributed by atoms with Gasteiger partial charge in [-0.25, -0.2) is 17.5 Å². The normalized spacial score (nSPS) is 12.0. The van der Waals surface area contributed by atoms with E-state index in [1.807, 2.05) is 0 Å². The van der Waals surface area contributed by atoms with Gasteiger partial charge in [0.25, 0.3) is 0 Å². The van der Waals surface area contributed by atoms with Gasteiger partial charge in [-0.3, -0.25) is 4.79 Å². The molecular weight excluding hydrogens is 400 g/mol. The molecule has 1 amide bonds. The number of hydrogen-bond acceptors (Lipinski definition) is 3. The molecule has 0 saturated heterocycles. The van der Waals surface area contributed by atoms with E-state index in [0.29, 0.717) is 11.6 Å². The molecule has 5 nitrogen and oxygen atoms in total. The van der Waals surface area contributed by atoms with Gasteiger partial charge in [0.15, 0.2) is 0 Å². The molecule has 28 heavy (non-hydrogen) atoms. The average molecular weight is 418 g/mol. The highest BCUT2D eigenvalue weighted by Gasteiger charge is 2.33. The van der Waals surface area contributed by atoms with Crippen LogP contribution in [-0.2, 0) is 34.0 Å². The fourth-order valence-corrected chi connectivity index (χ4v) is 3.19. The van der Waals surface area contributed by atoms with Gasteiger partial charge in [-0.1, -0.05) is 18.2 Å². The predicted molar refractivity (Wildman–Crippen MR) is 94.3 cm³/mol. The number of amides is 1. The Balaban J connectivity index is 1.94. The van der Waals surface area contributed by atoms with Crippen molar-refractivity contribution in [1.82, 2.24) is 10.0 Å². The molecule has 0 aliphatic heterocycles. The molecule has 0 aliphatic rings. The van der Waals surface area contributed by atoms with Crippen molar-refractivity contribution in [3.05, 3.63) is 65.0 Å². The van der Waals surface area contributed by atoms with Gasteiger partial charge in [0.1, 0.15) is 5.82 Å². The highest BCUT2D eigenvalue weighted by Crippen LogP contribution is 2.32. The van der Waals surface area contributed by atoms with Crippen molar-refractivity contribution in [2.45, 2.75) is 30.5 Å². The fraction of sp³-hybridized carbons (Fsp3) is 0.278. The first-order valence-corrected chi connectivity index (χ1v) is 9.66. The van der Waals surface area contributed by atoms with Crippen LogP contribution in [0.25, 0.3) is 0 Å². The first kappa shape index (κ1) is 21.8. The summed E-state index contributed by atoms with van der Waals surface area (Å²) in [5, 5.41) is 2.38. The Morgan fingerprint density at radius 3 is 2.29 bits per heavy atom. The van der Waals surface area contributed by atoms with E-state index in [2.05, 4.69) is 10.0 Å². The summed E-state index contributed by atoms with van der Waals surface area (Å²) in [6, 6.07) is 8.18.